The van der Waals surface area contributed by atoms with E-state index >= 15 is 0 Å². The van der Waals surface area contributed by atoms with E-state index in [1.165, 1.54) is 12.0 Å². The first kappa shape index (κ1) is 14.3. The average Bonchev–Trinajstić information content (AvgIpc) is 2.98. The topological polar surface area (TPSA) is 64.9 Å². The van der Waals surface area contributed by atoms with Gasteiger partial charge < -0.3 is 10.3 Å². The van der Waals surface area contributed by atoms with Crippen molar-refractivity contribution < 1.29 is 4.52 Å². The molecule has 4 nitrogen and oxygen atoms in total. The maximum absolute atomic E-state index is 6.54. The molecule has 1 aliphatic carbocycles. The second-order valence-electron chi connectivity index (χ2n) is 6.45. The molecule has 0 saturated heterocycles. The Morgan fingerprint density at radius 2 is 2.10 bits per heavy atom. The normalized spacial score (nSPS) is 27.5. The van der Waals surface area contributed by atoms with Gasteiger partial charge in [0, 0.05) is 0 Å². The van der Waals surface area contributed by atoms with Crippen LogP contribution in [0, 0.1) is 5.92 Å². The van der Waals surface area contributed by atoms with E-state index in [2.05, 4.69) is 36.1 Å². The van der Waals surface area contributed by atoms with Crippen LogP contribution in [0.5, 0.6) is 0 Å². The van der Waals surface area contributed by atoms with Crippen molar-refractivity contribution in [2.45, 2.75) is 51.0 Å². The van der Waals surface area contributed by atoms with Crippen molar-refractivity contribution in [3.05, 3.63) is 47.6 Å². The Kier molecular flexibility index (Phi) is 3.81. The predicted molar refractivity (Wildman–Crippen MR) is 81.8 cm³/mol. The third-order valence-corrected chi connectivity index (χ3v) is 4.59. The largest absolute Gasteiger partial charge is 0.339 e. The van der Waals surface area contributed by atoms with E-state index in [1.807, 2.05) is 18.2 Å². The van der Waals surface area contributed by atoms with Crippen LogP contribution in [0.4, 0.5) is 0 Å². The molecule has 2 N–H and O–H groups in total. The van der Waals surface area contributed by atoms with Crippen molar-refractivity contribution in [1.29, 1.82) is 0 Å². The molecule has 2 aromatic rings. The molecule has 3 rings (SSSR count). The second-order valence-corrected chi connectivity index (χ2v) is 6.45. The molecule has 0 amide bonds. The first-order valence-corrected chi connectivity index (χ1v) is 7.76. The van der Waals surface area contributed by atoms with Gasteiger partial charge in [0.2, 0.25) is 5.89 Å². The molecule has 1 aliphatic rings. The molecule has 1 aromatic carbocycles. The molecule has 1 saturated carbocycles. The van der Waals surface area contributed by atoms with E-state index in [-0.39, 0.29) is 5.92 Å². The molecule has 1 aromatic heterocycles. The summed E-state index contributed by atoms with van der Waals surface area (Å²) in [6, 6.07) is 10.2. The first-order chi connectivity index (χ1) is 10.1. The summed E-state index contributed by atoms with van der Waals surface area (Å²) in [7, 11) is 0. The summed E-state index contributed by atoms with van der Waals surface area (Å²) in [5.41, 5.74) is 7.29. The zero-order valence-electron chi connectivity index (χ0n) is 12.7. The van der Waals surface area contributed by atoms with Crippen LogP contribution in [0.3, 0.4) is 0 Å². The minimum Gasteiger partial charge on any atom is -0.339 e. The minimum atomic E-state index is -0.421. The lowest BCUT2D eigenvalue weighted by molar-refractivity contribution is 0.221. The lowest BCUT2D eigenvalue weighted by Gasteiger charge is -2.33. The van der Waals surface area contributed by atoms with Gasteiger partial charge in [0.15, 0.2) is 5.82 Å². The highest BCUT2D eigenvalue weighted by atomic mass is 16.5. The van der Waals surface area contributed by atoms with Crippen LogP contribution >= 0.6 is 0 Å². The van der Waals surface area contributed by atoms with Gasteiger partial charge in [-0.2, -0.15) is 4.98 Å². The first-order valence-electron chi connectivity index (χ1n) is 7.76. The number of nitrogens with zero attached hydrogens (tertiary/aromatic N) is 2. The second kappa shape index (κ2) is 5.60. The van der Waals surface area contributed by atoms with Crippen LogP contribution in [0.2, 0.25) is 0 Å². The fourth-order valence-corrected chi connectivity index (χ4v) is 3.29. The van der Waals surface area contributed by atoms with Gasteiger partial charge in [0.05, 0.1) is 11.5 Å². The number of hydrogen-bond donors (Lipinski definition) is 1. The van der Waals surface area contributed by atoms with Gasteiger partial charge in [-0.05, 0) is 31.2 Å². The van der Waals surface area contributed by atoms with E-state index in [0.29, 0.717) is 17.6 Å². The quantitative estimate of drug-likeness (QED) is 0.936. The van der Waals surface area contributed by atoms with Crippen LogP contribution in [0.1, 0.15) is 62.7 Å². The lowest BCUT2D eigenvalue weighted by atomic mass is 9.76. The Balaban J connectivity index is 1.83. The molecule has 0 bridgehead atoms. The third kappa shape index (κ3) is 2.86. The maximum atomic E-state index is 6.54. The lowest BCUT2D eigenvalue weighted by Crippen LogP contribution is -2.42. The van der Waals surface area contributed by atoms with Crippen molar-refractivity contribution in [1.82, 2.24) is 10.1 Å². The fraction of sp³-hybridized carbons (Fsp3) is 0.529. The van der Waals surface area contributed by atoms with E-state index in [1.54, 1.807) is 0 Å². The molecule has 21 heavy (non-hydrogen) atoms. The van der Waals surface area contributed by atoms with Crippen LogP contribution in [-0.4, -0.2) is 10.1 Å². The number of rotatable bonds is 3. The maximum Gasteiger partial charge on any atom is 0.233 e. The summed E-state index contributed by atoms with van der Waals surface area (Å²) in [6.45, 7) is 4.33. The smallest absolute Gasteiger partial charge is 0.233 e. The summed E-state index contributed by atoms with van der Waals surface area (Å²) in [6.07, 6.45) is 4.25. The summed E-state index contributed by atoms with van der Waals surface area (Å²) in [5, 5.41) is 4.18. The van der Waals surface area contributed by atoms with Gasteiger partial charge in [0.1, 0.15) is 0 Å². The third-order valence-electron chi connectivity index (χ3n) is 4.59. The fourth-order valence-electron chi connectivity index (χ4n) is 3.29. The number of hydrogen-bond acceptors (Lipinski definition) is 4. The Morgan fingerprint density at radius 3 is 2.81 bits per heavy atom. The standard InChI is InChI=1S/C17H23N3O/c1-12-7-6-10-17(18,11-12)16-19-15(21-20-16)13(2)14-8-4-3-5-9-14/h3-5,8-9,12-13H,6-7,10-11,18H2,1-2H3. The van der Waals surface area contributed by atoms with Crippen LogP contribution in [-0.2, 0) is 5.54 Å². The Bertz CT molecular complexity index is 595. The molecular weight excluding hydrogens is 262 g/mol. The highest BCUT2D eigenvalue weighted by Gasteiger charge is 2.37. The van der Waals surface area contributed by atoms with Gasteiger partial charge in [0.25, 0.3) is 0 Å². The van der Waals surface area contributed by atoms with E-state index < -0.39 is 5.54 Å². The molecule has 0 radical (unpaired) electrons. The van der Waals surface area contributed by atoms with Crippen LogP contribution in [0.15, 0.2) is 34.9 Å². The number of benzene rings is 1. The Hall–Kier alpha value is -1.68. The van der Waals surface area contributed by atoms with Gasteiger partial charge in [-0.3, -0.25) is 0 Å². The average molecular weight is 285 g/mol. The monoisotopic (exact) mass is 285 g/mol. The van der Waals surface area contributed by atoms with Gasteiger partial charge >= 0.3 is 0 Å². The van der Waals surface area contributed by atoms with Crippen molar-refractivity contribution in [3.8, 4) is 0 Å². The zero-order chi connectivity index (χ0) is 14.9. The van der Waals surface area contributed by atoms with Gasteiger partial charge in [-0.1, -0.05) is 55.3 Å². The SMILES string of the molecule is CC1CCCC(N)(c2noc(C(C)c3ccccc3)n2)C1. The zero-order valence-corrected chi connectivity index (χ0v) is 12.7. The van der Waals surface area contributed by atoms with Crippen molar-refractivity contribution in [2.75, 3.05) is 0 Å². The Labute approximate surface area is 125 Å². The van der Waals surface area contributed by atoms with Crippen LogP contribution in [0.25, 0.3) is 0 Å². The van der Waals surface area contributed by atoms with Crippen molar-refractivity contribution >= 4 is 0 Å². The summed E-state index contributed by atoms with van der Waals surface area (Å²) in [5.74, 6) is 2.04. The molecule has 0 spiro atoms. The molecule has 1 heterocycles. The highest BCUT2D eigenvalue weighted by molar-refractivity contribution is 5.23. The Morgan fingerprint density at radius 1 is 1.33 bits per heavy atom. The van der Waals surface area contributed by atoms with Gasteiger partial charge in [-0.15, -0.1) is 0 Å². The van der Waals surface area contributed by atoms with E-state index in [9.17, 15) is 0 Å². The van der Waals surface area contributed by atoms with Crippen molar-refractivity contribution in [3.63, 3.8) is 0 Å². The molecular formula is C17H23N3O. The summed E-state index contributed by atoms with van der Waals surface area (Å²) in [4.78, 5) is 4.61. The molecule has 3 unspecified atom stereocenters. The minimum absolute atomic E-state index is 0.0945. The molecule has 1 fully saturated rings. The molecule has 0 aliphatic heterocycles. The molecule has 4 heteroatoms. The predicted octanol–water partition coefficient (Wildman–Crippen LogP) is 3.59. The summed E-state index contributed by atoms with van der Waals surface area (Å²) < 4.78 is 5.49. The number of nitrogens with two attached hydrogens (primary N) is 1. The van der Waals surface area contributed by atoms with Crippen LogP contribution < -0.4 is 5.73 Å². The van der Waals surface area contributed by atoms with Crippen molar-refractivity contribution in [2.24, 2.45) is 11.7 Å². The summed E-state index contributed by atoms with van der Waals surface area (Å²) >= 11 is 0. The number of aromatic nitrogens is 2. The molecule has 112 valence electrons. The highest BCUT2D eigenvalue weighted by Crippen LogP contribution is 2.37. The molecule has 3 atom stereocenters. The van der Waals surface area contributed by atoms with E-state index in [4.69, 9.17) is 10.3 Å². The van der Waals surface area contributed by atoms with E-state index in [0.717, 1.165) is 19.3 Å². The van der Waals surface area contributed by atoms with Gasteiger partial charge in [-0.25, -0.2) is 0 Å².